The highest BCUT2D eigenvalue weighted by Gasteiger charge is 2.15. The van der Waals surface area contributed by atoms with Crippen LogP contribution in [-0.2, 0) is 11.3 Å². The number of anilines is 1. The summed E-state index contributed by atoms with van der Waals surface area (Å²) >= 11 is 0. The second-order valence-corrected chi connectivity index (χ2v) is 5.38. The number of carbonyl (C=O) groups excluding carboxylic acids is 1. The van der Waals surface area contributed by atoms with Gasteiger partial charge in [-0.15, -0.1) is 0 Å². The molecule has 2 aromatic heterocycles. The minimum absolute atomic E-state index is 0.0507. The van der Waals surface area contributed by atoms with Gasteiger partial charge in [0.25, 0.3) is 5.88 Å². The van der Waals surface area contributed by atoms with Crippen LogP contribution in [0.1, 0.15) is 6.92 Å². The first-order chi connectivity index (χ1) is 12.6. The molecule has 1 aromatic carbocycles. The zero-order chi connectivity index (χ0) is 18.5. The number of benzene rings is 1. The Kier molecular flexibility index (Phi) is 5.12. The van der Waals surface area contributed by atoms with Crippen molar-refractivity contribution in [2.45, 2.75) is 13.5 Å². The summed E-state index contributed by atoms with van der Waals surface area (Å²) in [4.78, 5) is 33.2. The van der Waals surface area contributed by atoms with E-state index in [-0.39, 0.29) is 18.3 Å². The lowest BCUT2D eigenvalue weighted by atomic mass is 10.3. The van der Waals surface area contributed by atoms with Crippen molar-refractivity contribution in [3.05, 3.63) is 53.1 Å². The summed E-state index contributed by atoms with van der Waals surface area (Å²) in [5.41, 5.74) is 1.13. The summed E-state index contributed by atoms with van der Waals surface area (Å²) in [5.74, 6) is 0.294. The van der Waals surface area contributed by atoms with Crippen molar-refractivity contribution in [2.75, 3.05) is 19.0 Å². The number of aromatic nitrogens is 3. The molecule has 0 aliphatic rings. The summed E-state index contributed by atoms with van der Waals surface area (Å²) in [5, 5.41) is 2.75. The molecule has 26 heavy (non-hydrogen) atoms. The number of methoxy groups -OCH3 is 1. The molecule has 0 bridgehead atoms. The van der Waals surface area contributed by atoms with E-state index in [1.54, 1.807) is 50.6 Å². The molecule has 0 spiro atoms. The molecule has 0 atom stereocenters. The fourth-order valence-electron chi connectivity index (χ4n) is 2.48. The predicted molar refractivity (Wildman–Crippen MR) is 96.6 cm³/mol. The molecule has 0 aliphatic heterocycles. The predicted octanol–water partition coefficient (Wildman–Crippen LogP) is 1.84. The van der Waals surface area contributed by atoms with Crippen LogP contribution in [0.2, 0.25) is 0 Å². The van der Waals surface area contributed by atoms with Crippen LogP contribution in [-0.4, -0.2) is 34.2 Å². The summed E-state index contributed by atoms with van der Waals surface area (Å²) in [6.45, 7) is 1.88. The van der Waals surface area contributed by atoms with Gasteiger partial charge in [0.15, 0.2) is 0 Å². The second-order valence-electron chi connectivity index (χ2n) is 5.38. The van der Waals surface area contributed by atoms with Gasteiger partial charge in [0.2, 0.25) is 5.91 Å². The maximum absolute atomic E-state index is 12.6. The van der Waals surface area contributed by atoms with E-state index in [9.17, 15) is 9.59 Å². The van der Waals surface area contributed by atoms with E-state index in [0.29, 0.717) is 29.1 Å². The average Bonchev–Trinajstić information content (AvgIpc) is 2.66. The SMILES string of the molecule is CCOc1nc2cnccc2n(CC(=O)Nc2ccc(OC)cc2)c1=O. The maximum Gasteiger partial charge on any atom is 0.314 e. The summed E-state index contributed by atoms with van der Waals surface area (Å²) in [6.07, 6.45) is 3.07. The monoisotopic (exact) mass is 354 g/mol. The van der Waals surface area contributed by atoms with E-state index in [1.807, 2.05) is 0 Å². The van der Waals surface area contributed by atoms with E-state index >= 15 is 0 Å². The van der Waals surface area contributed by atoms with Gasteiger partial charge in [0.1, 0.15) is 17.8 Å². The smallest absolute Gasteiger partial charge is 0.314 e. The van der Waals surface area contributed by atoms with E-state index in [1.165, 1.54) is 10.8 Å². The molecule has 0 saturated carbocycles. The van der Waals surface area contributed by atoms with Gasteiger partial charge >= 0.3 is 5.56 Å². The van der Waals surface area contributed by atoms with Gasteiger partial charge in [-0.05, 0) is 37.3 Å². The van der Waals surface area contributed by atoms with Crippen molar-refractivity contribution in [3.8, 4) is 11.6 Å². The van der Waals surface area contributed by atoms with Crippen molar-refractivity contribution in [1.29, 1.82) is 0 Å². The third-order valence-electron chi connectivity index (χ3n) is 3.68. The van der Waals surface area contributed by atoms with Crippen molar-refractivity contribution < 1.29 is 14.3 Å². The normalized spacial score (nSPS) is 10.5. The molecule has 0 unspecified atom stereocenters. The quantitative estimate of drug-likeness (QED) is 0.726. The number of carbonyl (C=O) groups is 1. The second kappa shape index (κ2) is 7.64. The first-order valence-corrected chi connectivity index (χ1v) is 8.03. The van der Waals surface area contributed by atoms with Crippen LogP contribution in [0.25, 0.3) is 11.0 Å². The number of hydrogen-bond acceptors (Lipinski definition) is 6. The van der Waals surface area contributed by atoms with Crippen molar-refractivity contribution >= 4 is 22.6 Å². The lowest BCUT2D eigenvalue weighted by Crippen LogP contribution is -2.29. The Bertz CT molecular complexity index is 983. The van der Waals surface area contributed by atoms with Gasteiger partial charge in [-0.25, -0.2) is 4.98 Å². The number of ether oxygens (including phenoxy) is 2. The van der Waals surface area contributed by atoms with Gasteiger partial charge < -0.3 is 14.8 Å². The minimum Gasteiger partial charge on any atom is -0.497 e. The topological polar surface area (TPSA) is 95.3 Å². The van der Waals surface area contributed by atoms with E-state index < -0.39 is 5.56 Å². The Morgan fingerprint density at radius 2 is 2.00 bits per heavy atom. The average molecular weight is 354 g/mol. The van der Waals surface area contributed by atoms with Crippen LogP contribution in [0.4, 0.5) is 5.69 Å². The molecule has 1 amide bonds. The Morgan fingerprint density at radius 3 is 2.69 bits per heavy atom. The van der Waals surface area contributed by atoms with Crippen LogP contribution in [0.15, 0.2) is 47.5 Å². The van der Waals surface area contributed by atoms with Crippen LogP contribution >= 0.6 is 0 Å². The molecule has 2 heterocycles. The van der Waals surface area contributed by atoms with Gasteiger partial charge in [0.05, 0.1) is 25.4 Å². The highest BCUT2D eigenvalue weighted by Crippen LogP contribution is 2.16. The van der Waals surface area contributed by atoms with Crippen LogP contribution in [0, 0.1) is 0 Å². The van der Waals surface area contributed by atoms with Crippen LogP contribution < -0.4 is 20.3 Å². The van der Waals surface area contributed by atoms with Gasteiger partial charge in [-0.1, -0.05) is 0 Å². The van der Waals surface area contributed by atoms with Gasteiger partial charge in [-0.3, -0.25) is 19.1 Å². The molecular formula is C18H18N4O4. The first kappa shape index (κ1) is 17.4. The van der Waals surface area contributed by atoms with E-state index in [0.717, 1.165) is 0 Å². The molecule has 134 valence electrons. The molecule has 8 heteroatoms. The Labute approximate surface area is 149 Å². The number of amides is 1. The summed E-state index contributed by atoms with van der Waals surface area (Å²) < 4.78 is 11.7. The first-order valence-electron chi connectivity index (χ1n) is 8.03. The fraction of sp³-hybridized carbons (Fsp3) is 0.222. The molecule has 3 rings (SSSR count). The third-order valence-corrected chi connectivity index (χ3v) is 3.68. The lowest BCUT2D eigenvalue weighted by molar-refractivity contribution is -0.116. The molecule has 3 aromatic rings. The number of nitrogens with one attached hydrogen (secondary N) is 1. The van der Waals surface area contributed by atoms with Crippen LogP contribution in [0.3, 0.4) is 0 Å². The molecule has 0 saturated heterocycles. The van der Waals surface area contributed by atoms with Gasteiger partial charge in [0, 0.05) is 11.9 Å². The lowest BCUT2D eigenvalue weighted by Gasteiger charge is -2.12. The largest absolute Gasteiger partial charge is 0.497 e. The fourth-order valence-corrected chi connectivity index (χ4v) is 2.48. The Morgan fingerprint density at radius 1 is 1.23 bits per heavy atom. The number of rotatable bonds is 6. The van der Waals surface area contributed by atoms with Crippen molar-refractivity contribution in [1.82, 2.24) is 14.5 Å². The van der Waals surface area contributed by atoms with Crippen molar-refractivity contribution in [3.63, 3.8) is 0 Å². The molecule has 0 radical (unpaired) electrons. The minimum atomic E-state index is -0.463. The molecule has 1 N–H and O–H groups in total. The number of pyridine rings is 1. The highest BCUT2D eigenvalue weighted by atomic mass is 16.5. The molecule has 8 nitrogen and oxygen atoms in total. The van der Waals surface area contributed by atoms with Crippen molar-refractivity contribution in [2.24, 2.45) is 0 Å². The number of fused-ring (bicyclic) bond motifs is 1. The maximum atomic E-state index is 12.6. The van der Waals surface area contributed by atoms with E-state index in [2.05, 4.69) is 15.3 Å². The number of nitrogens with zero attached hydrogens (tertiary/aromatic N) is 3. The molecular weight excluding hydrogens is 336 g/mol. The Hall–Kier alpha value is -3.42. The molecule has 0 aliphatic carbocycles. The van der Waals surface area contributed by atoms with Gasteiger partial charge in [-0.2, -0.15) is 0 Å². The number of hydrogen-bond donors (Lipinski definition) is 1. The van der Waals surface area contributed by atoms with Crippen LogP contribution in [0.5, 0.6) is 11.6 Å². The standard InChI is InChI=1S/C18H18N4O4/c1-3-26-17-18(24)22(15-8-9-19-10-14(15)21-17)11-16(23)20-12-4-6-13(25-2)7-5-12/h4-10H,3,11H2,1-2H3,(H,20,23). The summed E-state index contributed by atoms with van der Waals surface area (Å²) in [7, 11) is 1.57. The summed E-state index contributed by atoms with van der Waals surface area (Å²) in [6, 6.07) is 8.56. The molecule has 0 fully saturated rings. The Balaban J connectivity index is 1.90. The zero-order valence-corrected chi connectivity index (χ0v) is 14.4. The third kappa shape index (κ3) is 3.64. The van der Waals surface area contributed by atoms with E-state index in [4.69, 9.17) is 9.47 Å². The highest BCUT2D eigenvalue weighted by molar-refractivity contribution is 5.91. The zero-order valence-electron chi connectivity index (χ0n) is 14.4.